The molecule has 0 N–H and O–H groups in total. The van der Waals surface area contributed by atoms with Crippen LogP contribution in [0.3, 0.4) is 0 Å². The maximum Gasteiger partial charge on any atom is 0.102 e. The Kier molecular flexibility index (Phi) is 4.74. The van der Waals surface area contributed by atoms with Gasteiger partial charge in [0, 0.05) is 23.5 Å². The molecule has 1 aliphatic carbocycles. The highest BCUT2D eigenvalue weighted by atomic mass is 79.9. The molecule has 0 saturated carbocycles. The van der Waals surface area contributed by atoms with Crippen LogP contribution in [0.1, 0.15) is 36.0 Å². The highest BCUT2D eigenvalue weighted by Gasteiger charge is 2.27. The predicted octanol–water partition coefficient (Wildman–Crippen LogP) is 6.81. The number of piperidine rings is 1. The number of fused-ring (bicyclic) bond motifs is 3. The molecule has 0 bridgehead atoms. The number of thiophene rings is 1. The summed E-state index contributed by atoms with van der Waals surface area (Å²) in [5, 5.41) is 10.1. The molecule has 2 aliphatic rings. The van der Waals surface area contributed by atoms with Gasteiger partial charge in [-0.3, -0.25) is 0 Å². The van der Waals surface area contributed by atoms with Crippen LogP contribution in [-0.2, 0) is 12.8 Å². The van der Waals surface area contributed by atoms with Crippen LogP contribution < -0.4 is 4.90 Å². The molecule has 0 atom stereocenters. The number of nitriles is 1. The zero-order valence-corrected chi connectivity index (χ0v) is 18.1. The lowest BCUT2D eigenvalue weighted by molar-refractivity contribution is 0.577. The lowest BCUT2D eigenvalue weighted by Gasteiger charge is -2.33. The lowest BCUT2D eigenvalue weighted by Crippen LogP contribution is -2.30. The largest absolute Gasteiger partial charge is 0.370 e. The van der Waals surface area contributed by atoms with Crippen LogP contribution >= 0.6 is 27.3 Å². The van der Waals surface area contributed by atoms with Crippen LogP contribution in [-0.4, -0.2) is 13.1 Å². The highest BCUT2D eigenvalue weighted by Crippen LogP contribution is 2.47. The molecule has 2 nitrogen and oxygen atoms in total. The molecule has 0 amide bonds. The first-order valence-electron chi connectivity index (χ1n) is 9.95. The molecule has 2 heterocycles. The van der Waals surface area contributed by atoms with E-state index >= 15 is 0 Å². The van der Waals surface area contributed by atoms with Crippen LogP contribution in [0.15, 0.2) is 46.3 Å². The van der Waals surface area contributed by atoms with E-state index in [0.717, 1.165) is 41.0 Å². The summed E-state index contributed by atoms with van der Waals surface area (Å²) in [5.74, 6) is 0. The monoisotopic (exact) mass is 448 g/mol. The molecule has 1 saturated heterocycles. The van der Waals surface area contributed by atoms with Gasteiger partial charge in [-0.05, 0) is 88.5 Å². The van der Waals surface area contributed by atoms with Crippen molar-refractivity contribution in [2.45, 2.75) is 32.1 Å². The molecule has 1 aromatic heterocycles. The summed E-state index contributed by atoms with van der Waals surface area (Å²) in [6.45, 7) is 2.11. The number of aryl methyl sites for hydroxylation is 1. The third-order valence-electron chi connectivity index (χ3n) is 5.99. The summed E-state index contributed by atoms with van der Waals surface area (Å²) in [6, 6.07) is 17.9. The molecular formula is C24H21BrN2S. The summed E-state index contributed by atoms with van der Waals surface area (Å²) in [6.07, 6.45) is 5.67. The molecule has 3 aromatic rings. The molecule has 0 spiro atoms. The average molecular weight is 449 g/mol. The maximum absolute atomic E-state index is 10.1. The van der Waals surface area contributed by atoms with Gasteiger partial charge in [-0.25, -0.2) is 0 Å². The van der Waals surface area contributed by atoms with Gasteiger partial charge in [-0.15, -0.1) is 11.3 Å². The smallest absolute Gasteiger partial charge is 0.102 e. The number of anilines is 1. The van der Waals surface area contributed by atoms with E-state index in [4.69, 9.17) is 0 Å². The van der Waals surface area contributed by atoms with Crippen molar-refractivity contribution >= 4 is 33.0 Å². The van der Waals surface area contributed by atoms with Crippen molar-refractivity contribution in [3.63, 3.8) is 0 Å². The Morgan fingerprint density at radius 1 is 0.964 bits per heavy atom. The highest BCUT2D eigenvalue weighted by molar-refractivity contribution is 9.11. The Labute approximate surface area is 178 Å². The quantitative estimate of drug-likeness (QED) is 0.430. The third-order valence-corrected chi connectivity index (χ3v) is 7.65. The minimum Gasteiger partial charge on any atom is -0.370 e. The topological polar surface area (TPSA) is 27.0 Å². The van der Waals surface area contributed by atoms with E-state index in [2.05, 4.69) is 69.4 Å². The molecular weight excluding hydrogens is 428 g/mol. The van der Waals surface area contributed by atoms with E-state index in [9.17, 15) is 5.26 Å². The second-order valence-electron chi connectivity index (χ2n) is 7.59. The van der Waals surface area contributed by atoms with Gasteiger partial charge >= 0.3 is 0 Å². The molecule has 2 aromatic carbocycles. The summed E-state index contributed by atoms with van der Waals surface area (Å²) < 4.78 is 1.14. The molecule has 140 valence electrons. The Bertz CT molecular complexity index is 1090. The summed E-state index contributed by atoms with van der Waals surface area (Å²) in [5.41, 5.74) is 8.51. The minimum absolute atomic E-state index is 0.894. The SMILES string of the molecule is N#Cc1c(N2CCCCC2)cc(-c2ccc(Br)s2)c2c1CCc1ccccc1-2. The zero-order chi connectivity index (χ0) is 19.1. The van der Waals surface area contributed by atoms with Gasteiger partial charge < -0.3 is 4.90 Å². The van der Waals surface area contributed by atoms with Gasteiger partial charge in [-0.2, -0.15) is 5.26 Å². The Morgan fingerprint density at radius 3 is 2.54 bits per heavy atom. The first-order chi connectivity index (χ1) is 13.8. The van der Waals surface area contributed by atoms with Crippen molar-refractivity contribution in [1.82, 2.24) is 0 Å². The third kappa shape index (κ3) is 2.98. The van der Waals surface area contributed by atoms with Crippen molar-refractivity contribution in [2.75, 3.05) is 18.0 Å². The van der Waals surface area contributed by atoms with E-state index in [-0.39, 0.29) is 0 Å². The summed E-state index contributed by atoms with van der Waals surface area (Å²) >= 11 is 5.41. The van der Waals surface area contributed by atoms with Crippen molar-refractivity contribution in [3.8, 4) is 27.6 Å². The van der Waals surface area contributed by atoms with Gasteiger partial charge in [0.05, 0.1) is 15.0 Å². The van der Waals surface area contributed by atoms with E-state index in [1.807, 2.05) is 0 Å². The van der Waals surface area contributed by atoms with Crippen LogP contribution in [0, 0.1) is 11.3 Å². The molecule has 4 heteroatoms. The summed E-state index contributed by atoms with van der Waals surface area (Å²) in [7, 11) is 0. The van der Waals surface area contributed by atoms with Gasteiger partial charge in [-0.1, -0.05) is 24.3 Å². The summed E-state index contributed by atoms with van der Waals surface area (Å²) in [4.78, 5) is 3.71. The van der Waals surface area contributed by atoms with Gasteiger partial charge in [0.25, 0.3) is 0 Å². The first kappa shape index (κ1) is 18.0. The molecule has 5 rings (SSSR count). The van der Waals surface area contributed by atoms with E-state index in [1.54, 1.807) is 11.3 Å². The van der Waals surface area contributed by atoms with Crippen LogP contribution in [0.5, 0.6) is 0 Å². The van der Waals surface area contributed by atoms with Crippen molar-refractivity contribution < 1.29 is 0 Å². The average Bonchev–Trinajstić information content (AvgIpc) is 3.19. The standard InChI is InChI=1S/C24H21BrN2S/c25-23-11-10-22(28-23)19-14-21(27-12-4-1-5-13-27)20(15-26)18-9-8-16-6-2-3-7-17(16)24(18)19/h2-3,6-7,10-11,14H,1,4-5,8-9,12-13H2. The fraction of sp³-hybridized carbons (Fsp3) is 0.292. The van der Waals surface area contributed by atoms with E-state index in [0.29, 0.717) is 0 Å². The Balaban J connectivity index is 1.81. The number of hydrogen-bond acceptors (Lipinski definition) is 3. The van der Waals surface area contributed by atoms with E-state index in [1.165, 1.54) is 52.0 Å². The Hall–Kier alpha value is -2.09. The predicted molar refractivity (Wildman–Crippen MR) is 121 cm³/mol. The van der Waals surface area contributed by atoms with Crippen molar-refractivity contribution in [3.05, 3.63) is 62.9 Å². The molecule has 0 radical (unpaired) electrons. The minimum atomic E-state index is 0.894. The van der Waals surface area contributed by atoms with Crippen LogP contribution in [0.2, 0.25) is 0 Å². The molecule has 1 fully saturated rings. The number of nitrogens with zero attached hydrogens (tertiary/aromatic N) is 2. The van der Waals surface area contributed by atoms with Crippen molar-refractivity contribution in [2.24, 2.45) is 0 Å². The van der Waals surface area contributed by atoms with Gasteiger partial charge in [0.1, 0.15) is 6.07 Å². The zero-order valence-electron chi connectivity index (χ0n) is 15.7. The number of rotatable bonds is 2. The molecule has 28 heavy (non-hydrogen) atoms. The first-order valence-corrected chi connectivity index (χ1v) is 11.6. The number of benzene rings is 2. The fourth-order valence-electron chi connectivity index (χ4n) is 4.69. The molecule has 1 aliphatic heterocycles. The maximum atomic E-state index is 10.1. The number of hydrogen-bond donors (Lipinski definition) is 0. The van der Waals surface area contributed by atoms with Crippen LogP contribution in [0.25, 0.3) is 21.6 Å². The van der Waals surface area contributed by atoms with Crippen molar-refractivity contribution in [1.29, 1.82) is 5.26 Å². The second-order valence-corrected chi connectivity index (χ2v) is 10.1. The Morgan fingerprint density at radius 2 is 1.79 bits per heavy atom. The van der Waals surface area contributed by atoms with Crippen LogP contribution in [0.4, 0.5) is 5.69 Å². The van der Waals surface area contributed by atoms with E-state index < -0.39 is 0 Å². The fourth-order valence-corrected chi connectivity index (χ4v) is 6.09. The molecule has 0 unspecified atom stereocenters. The lowest BCUT2D eigenvalue weighted by atomic mass is 9.79. The van der Waals surface area contributed by atoms with Gasteiger partial charge in [0.2, 0.25) is 0 Å². The number of halogens is 1. The van der Waals surface area contributed by atoms with Gasteiger partial charge in [0.15, 0.2) is 0 Å². The second kappa shape index (κ2) is 7.39. The normalized spacial score (nSPS) is 15.6.